The molecule has 1 aromatic heterocycles. The molecule has 0 radical (unpaired) electrons. The highest BCUT2D eigenvalue weighted by Crippen LogP contribution is 2.30. The van der Waals surface area contributed by atoms with Crippen LogP contribution in [0.5, 0.6) is 0 Å². The van der Waals surface area contributed by atoms with Gasteiger partial charge in [0.05, 0.1) is 17.3 Å². The molecule has 0 aliphatic carbocycles. The molecular weight excluding hydrogens is 258 g/mol. The number of aryl methyl sites for hydroxylation is 1. The van der Waals surface area contributed by atoms with Crippen LogP contribution < -0.4 is 5.32 Å². The second-order valence-electron chi connectivity index (χ2n) is 6.02. The molecule has 0 fully saturated rings. The van der Waals surface area contributed by atoms with Crippen LogP contribution in [0.25, 0.3) is 10.9 Å². The van der Waals surface area contributed by atoms with E-state index in [1.54, 1.807) is 0 Å². The van der Waals surface area contributed by atoms with Crippen LogP contribution in [0.15, 0.2) is 24.3 Å². The van der Waals surface area contributed by atoms with Crippen molar-refractivity contribution >= 4 is 10.9 Å². The molecule has 0 amide bonds. The van der Waals surface area contributed by atoms with Crippen LogP contribution in [-0.4, -0.2) is 16.8 Å². The summed E-state index contributed by atoms with van der Waals surface area (Å²) in [4.78, 5) is 0. The van der Waals surface area contributed by atoms with Crippen molar-refractivity contribution in [2.75, 3.05) is 7.05 Å². The maximum absolute atomic E-state index is 4.78. The average molecular weight is 287 g/mol. The van der Waals surface area contributed by atoms with E-state index in [9.17, 15) is 0 Å². The van der Waals surface area contributed by atoms with E-state index in [1.165, 1.54) is 48.7 Å². The summed E-state index contributed by atoms with van der Waals surface area (Å²) in [5.74, 6) is 0.781. The van der Waals surface area contributed by atoms with Gasteiger partial charge in [-0.1, -0.05) is 57.7 Å². The first-order valence-electron chi connectivity index (χ1n) is 8.30. The van der Waals surface area contributed by atoms with Crippen LogP contribution in [-0.2, 0) is 7.05 Å². The van der Waals surface area contributed by atoms with Crippen molar-refractivity contribution in [1.29, 1.82) is 0 Å². The van der Waals surface area contributed by atoms with E-state index in [-0.39, 0.29) is 0 Å². The van der Waals surface area contributed by atoms with Crippen molar-refractivity contribution < 1.29 is 0 Å². The Labute approximate surface area is 128 Å². The third-order valence-electron chi connectivity index (χ3n) is 4.58. The summed E-state index contributed by atoms with van der Waals surface area (Å²) in [6.45, 7) is 4.58. The molecule has 2 rings (SSSR count). The van der Waals surface area contributed by atoms with Crippen molar-refractivity contribution in [3.8, 4) is 0 Å². The van der Waals surface area contributed by atoms with Gasteiger partial charge >= 0.3 is 0 Å². The molecule has 3 heteroatoms. The predicted molar refractivity (Wildman–Crippen MR) is 90.4 cm³/mol. The Kier molecular flexibility index (Phi) is 5.80. The number of rotatable bonds is 8. The molecule has 1 aromatic carbocycles. The zero-order valence-corrected chi connectivity index (χ0v) is 13.9. The number of benzene rings is 1. The van der Waals surface area contributed by atoms with Gasteiger partial charge in [-0.15, -0.1) is 0 Å². The number of hydrogen-bond acceptors (Lipinski definition) is 2. The highest BCUT2D eigenvalue weighted by molar-refractivity contribution is 5.82. The Morgan fingerprint density at radius 2 is 2.00 bits per heavy atom. The van der Waals surface area contributed by atoms with Gasteiger partial charge in [-0.3, -0.25) is 4.68 Å². The monoisotopic (exact) mass is 287 g/mol. The van der Waals surface area contributed by atoms with Gasteiger partial charge in [0.2, 0.25) is 0 Å². The molecular formula is C18H29N3. The van der Waals surface area contributed by atoms with Gasteiger partial charge in [0, 0.05) is 12.4 Å². The number of hydrogen-bond donors (Lipinski definition) is 1. The van der Waals surface area contributed by atoms with E-state index >= 15 is 0 Å². The summed E-state index contributed by atoms with van der Waals surface area (Å²) in [5, 5.41) is 9.55. The van der Waals surface area contributed by atoms with Crippen molar-refractivity contribution in [3.63, 3.8) is 0 Å². The fourth-order valence-electron chi connectivity index (χ4n) is 3.18. The first-order chi connectivity index (χ1) is 10.2. The van der Waals surface area contributed by atoms with Crippen LogP contribution in [0.4, 0.5) is 0 Å². The summed E-state index contributed by atoms with van der Waals surface area (Å²) in [7, 11) is 4.09. The number of fused-ring (bicyclic) bond motifs is 1. The third-order valence-corrected chi connectivity index (χ3v) is 4.58. The Balaban J connectivity index is 2.23. The average Bonchev–Trinajstić information content (AvgIpc) is 2.85. The summed E-state index contributed by atoms with van der Waals surface area (Å²) in [6, 6.07) is 8.87. The van der Waals surface area contributed by atoms with E-state index in [2.05, 4.69) is 50.5 Å². The normalized spacial score (nSPS) is 14.5. The predicted octanol–water partition coefficient (Wildman–Crippen LogP) is 4.44. The summed E-state index contributed by atoms with van der Waals surface area (Å²) in [5.41, 5.74) is 2.42. The molecule has 21 heavy (non-hydrogen) atoms. The zero-order chi connectivity index (χ0) is 15.2. The molecule has 0 saturated carbocycles. The minimum Gasteiger partial charge on any atom is -0.312 e. The Morgan fingerprint density at radius 3 is 2.67 bits per heavy atom. The van der Waals surface area contributed by atoms with Crippen molar-refractivity contribution in [2.24, 2.45) is 13.0 Å². The van der Waals surface area contributed by atoms with Crippen LogP contribution >= 0.6 is 0 Å². The molecule has 1 heterocycles. The molecule has 2 atom stereocenters. The lowest BCUT2D eigenvalue weighted by atomic mass is 9.90. The third kappa shape index (κ3) is 3.65. The number of nitrogens with zero attached hydrogens (tertiary/aromatic N) is 2. The van der Waals surface area contributed by atoms with E-state index < -0.39 is 0 Å². The number of nitrogens with one attached hydrogen (secondary N) is 1. The van der Waals surface area contributed by atoms with Gasteiger partial charge in [0.15, 0.2) is 0 Å². The van der Waals surface area contributed by atoms with Crippen LogP contribution in [0, 0.1) is 5.92 Å². The van der Waals surface area contributed by atoms with Crippen molar-refractivity contribution in [3.05, 3.63) is 30.0 Å². The summed E-state index contributed by atoms with van der Waals surface area (Å²) >= 11 is 0. The molecule has 0 bridgehead atoms. The van der Waals surface area contributed by atoms with Crippen molar-refractivity contribution in [2.45, 2.75) is 52.0 Å². The van der Waals surface area contributed by atoms with Gasteiger partial charge in [-0.05, 0) is 25.5 Å². The smallest absolute Gasteiger partial charge is 0.0872 e. The van der Waals surface area contributed by atoms with Gasteiger partial charge in [0.1, 0.15) is 0 Å². The molecule has 0 aliphatic heterocycles. The van der Waals surface area contributed by atoms with Crippen LogP contribution in [0.1, 0.15) is 57.7 Å². The standard InChI is InChI=1S/C18H29N3/c1-5-7-10-14(6-2)13-16(19-3)18-15-11-8-9-12-17(15)21(4)20-18/h8-9,11-12,14,16,19H,5-7,10,13H2,1-4H3. The second-order valence-corrected chi connectivity index (χ2v) is 6.02. The lowest BCUT2D eigenvalue weighted by Gasteiger charge is -2.21. The minimum atomic E-state index is 0.345. The first-order valence-corrected chi connectivity index (χ1v) is 8.30. The second kappa shape index (κ2) is 7.60. The number of unbranched alkanes of at least 4 members (excludes halogenated alkanes) is 1. The molecule has 0 aliphatic rings. The van der Waals surface area contributed by atoms with Gasteiger partial charge < -0.3 is 5.32 Å². The van der Waals surface area contributed by atoms with Gasteiger partial charge in [0.25, 0.3) is 0 Å². The molecule has 2 aromatic rings. The summed E-state index contributed by atoms with van der Waals surface area (Å²) in [6.07, 6.45) is 6.37. The Bertz CT molecular complexity index is 559. The SMILES string of the molecule is CCCCC(CC)CC(NC)c1nn(C)c2ccccc12. The Morgan fingerprint density at radius 1 is 1.24 bits per heavy atom. The topological polar surface area (TPSA) is 29.9 Å². The lowest BCUT2D eigenvalue weighted by Crippen LogP contribution is -2.21. The largest absolute Gasteiger partial charge is 0.312 e. The molecule has 2 unspecified atom stereocenters. The molecule has 0 spiro atoms. The fourth-order valence-corrected chi connectivity index (χ4v) is 3.18. The maximum atomic E-state index is 4.78. The molecule has 0 saturated heterocycles. The summed E-state index contributed by atoms with van der Waals surface area (Å²) < 4.78 is 2.00. The molecule has 3 nitrogen and oxygen atoms in total. The number of aromatic nitrogens is 2. The maximum Gasteiger partial charge on any atom is 0.0872 e. The highest BCUT2D eigenvalue weighted by atomic mass is 15.3. The van der Waals surface area contributed by atoms with E-state index in [0.29, 0.717) is 6.04 Å². The Hall–Kier alpha value is -1.35. The first kappa shape index (κ1) is 16.0. The van der Waals surface area contributed by atoms with Crippen LogP contribution in [0.2, 0.25) is 0 Å². The van der Waals surface area contributed by atoms with Gasteiger partial charge in [-0.2, -0.15) is 5.10 Å². The highest BCUT2D eigenvalue weighted by Gasteiger charge is 2.20. The lowest BCUT2D eigenvalue weighted by molar-refractivity contribution is 0.361. The van der Waals surface area contributed by atoms with Gasteiger partial charge in [-0.25, -0.2) is 0 Å². The van der Waals surface area contributed by atoms with Crippen LogP contribution in [0.3, 0.4) is 0 Å². The zero-order valence-electron chi connectivity index (χ0n) is 13.9. The molecule has 1 N–H and O–H groups in total. The van der Waals surface area contributed by atoms with E-state index in [1.807, 2.05) is 11.7 Å². The number of para-hydroxylation sites is 1. The van der Waals surface area contributed by atoms with E-state index in [0.717, 1.165) is 5.92 Å². The quantitative estimate of drug-likeness (QED) is 0.778. The molecule has 116 valence electrons. The minimum absolute atomic E-state index is 0.345. The van der Waals surface area contributed by atoms with E-state index in [4.69, 9.17) is 5.10 Å². The fraction of sp³-hybridized carbons (Fsp3) is 0.611. The van der Waals surface area contributed by atoms with Crippen molar-refractivity contribution in [1.82, 2.24) is 15.1 Å².